The highest BCUT2D eigenvalue weighted by Crippen LogP contribution is 2.55. The van der Waals surface area contributed by atoms with Gasteiger partial charge in [0, 0.05) is 18.3 Å². The lowest BCUT2D eigenvalue weighted by Crippen LogP contribution is -2.57. The highest BCUT2D eigenvalue weighted by atomic mass is 16.5. The Hall–Kier alpha value is -2.93. The minimum Gasteiger partial charge on any atom is -0.359 e. The van der Waals surface area contributed by atoms with E-state index >= 15 is 0 Å². The van der Waals surface area contributed by atoms with Crippen LogP contribution in [0.1, 0.15) is 90.0 Å². The van der Waals surface area contributed by atoms with Crippen molar-refractivity contribution in [3.8, 4) is 0 Å². The van der Waals surface area contributed by atoms with E-state index in [2.05, 4.69) is 37.5 Å². The summed E-state index contributed by atoms with van der Waals surface area (Å²) in [6.45, 7) is 6.93. The van der Waals surface area contributed by atoms with Crippen molar-refractivity contribution in [2.45, 2.75) is 108 Å². The summed E-state index contributed by atoms with van der Waals surface area (Å²) in [7, 11) is 0. The number of carbonyl (C=O) groups is 3. The van der Waals surface area contributed by atoms with Gasteiger partial charge < -0.3 is 20.3 Å². The van der Waals surface area contributed by atoms with E-state index in [1.807, 2.05) is 36.4 Å². The molecule has 1 spiro atoms. The molecule has 6 rings (SSSR count). The number of likely N-dealkylation sites (tertiary alicyclic amines) is 1. The molecular weight excluding hydrogens is 514 g/mol. The van der Waals surface area contributed by atoms with Crippen LogP contribution in [0.2, 0.25) is 0 Å². The van der Waals surface area contributed by atoms with Gasteiger partial charge in [-0.3, -0.25) is 14.4 Å². The standard InChI is InChI=1S/C34H45N3O4/c1-21(2)24-13-15-25(16-14-24)35-31(38)28-27-17-19-34(41-27)29(28)33(40)37(20-18-23-10-5-4-6-11-23)30(34)32(39)36-26-12-8-7-9-22(26)3/h10,13-17,19,21-22,26-30H,4-9,11-12,18,20H2,1-3H3,(H,35,38)(H,36,39)/t22?,26?,27-,28?,29-,30?,34?/m1/s1. The molecule has 220 valence electrons. The predicted molar refractivity (Wildman–Crippen MR) is 159 cm³/mol. The van der Waals surface area contributed by atoms with Gasteiger partial charge in [-0.1, -0.05) is 69.5 Å². The van der Waals surface area contributed by atoms with E-state index in [0.29, 0.717) is 24.1 Å². The molecule has 3 fully saturated rings. The lowest BCUT2D eigenvalue weighted by Gasteiger charge is -2.36. The molecule has 2 saturated heterocycles. The van der Waals surface area contributed by atoms with E-state index in [1.165, 1.54) is 30.4 Å². The lowest BCUT2D eigenvalue weighted by atomic mass is 9.74. The molecule has 1 saturated carbocycles. The Morgan fingerprint density at radius 3 is 2.56 bits per heavy atom. The van der Waals surface area contributed by atoms with Gasteiger partial charge in [-0.15, -0.1) is 0 Å². The number of benzene rings is 1. The van der Waals surface area contributed by atoms with E-state index in [0.717, 1.165) is 38.5 Å². The van der Waals surface area contributed by atoms with Crippen molar-refractivity contribution in [2.24, 2.45) is 17.8 Å². The van der Waals surface area contributed by atoms with Crippen LogP contribution in [-0.2, 0) is 19.1 Å². The van der Waals surface area contributed by atoms with Crippen LogP contribution in [-0.4, -0.2) is 53.0 Å². The van der Waals surface area contributed by atoms with Gasteiger partial charge in [0.25, 0.3) is 0 Å². The predicted octanol–water partition coefficient (Wildman–Crippen LogP) is 5.48. The first kappa shape index (κ1) is 28.2. The summed E-state index contributed by atoms with van der Waals surface area (Å²) in [4.78, 5) is 43.8. The fourth-order valence-electron chi connectivity index (χ4n) is 7.87. The smallest absolute Gasteiger partial charge is 0.246 e. The largest absolute Gasteiger partial charge is 0.359 e. The Morgan fingerprint density at radius 1 is 1.07 bits per heavy atom. The molecule has 3 amide bonds. The van der Waals surface area contributed by atoms with Crippen LogP contribution < -0.4 is 10.6 Å². The average molecular weight is 560 g/mol. The van der Waals surface area contributed by atoms with Gasteiger partial charge in [-0.2, -0.15) is 0 Å². The van der Waals surface area contributed by atoms with Crippen LogP contribution in [0.5, 0.6) is 0 Å². The molecule has 2 bridgehead atoms. The number of anilines is 1. The van der Waals surface area contributed by atoms with Crippen LogP contribution in [0.4, 0.5) is 5.69 Å². The Labute approximate surface area is 244 Å². The summed E-state index contributed by atoms with van der Waals surface area (Å²) < 4.78 is 6.54. The molecule has 41 heavy (non-hydrogen) atoms. The van der Waals surface area contributed by atoms with E-state index in [-0.39, 0.29) is 23.8 Å². The minimum atomic E-state index is -1.12. The zero-order valence-electron chi connectivity index (χ0n) is 24.7. The summed E-state index contributed by atoms with van der Waals surface area (Å²) in [5, 5.41) is 6.37. The SMILES string of the molecule is CC(C)c1ccc(NC(=O)C2[C@H]3C=CC4(O3)C(C(=O)NC3CCCCC3C)N(CCC3=CCCCC3)C(=O)[C@@H]24)cc1. The van der Waals surface area contributed by atoms with Gasteiger partial charge in [-0.05, 0) is 74.5 Å². The first-order valence-corrected chi connectivity index (χ1v) is 15.9. The number of fused-ring (bicyclic) bond motifs is 1. The van der Waals surface area contributed by atoms with Gasteiger partial charge in [-0.25, -0.2) is 0 Å². The normalized spacial score (nSPS) is 34.1. The van der Waals surface area contributed by atoms with Crippen LogP contribution in [0.15, 0.2) is 48.1 Å². The van der Waals surface area contributed by atoms with Crippen molar-refractivity contribution in [2.75, 3.05) is 11.9 Å². The number of allylic oxidation sites excluding steroid dienone is 1. The third kappa shape index (κ3) is 5.15. The number of ether oxygens (including phenoxy) is 1. The second-order valence-corrected chi connectivity index (χ2v) is 13.2. The van der Waals surface area contributed by atoms with Crippen molar-refractivity contribution in [1.82, 2.24) is 10.2 Å². The number of amides is 3. The number of carbonyl (C=O) groups excluding carboxylic acids is 3. The highest BCUT2D eigenvalue weighted by Gasteiger charge is 2.72. The fraction of sp³-hybridized carbons (Fsp3) is 0.618. The third-order valence-electron chi connectivity index (χ3n) is 10.3. The summed E-state index contributed by atoms with van der Waals surface area (Å²) in [6, 6.07) is 7.19. The van der Waals surface area contributed by atoms with Crippen LogP contribution >= 0.6 is 0 Å². The van der Waals surface area contributed by atoms with Gasteiger partial charge in [0.05, 0.1) is 17.9 Å². The summed E-state index contributed by atoms with van der Waals surface area (Å²) in [6.07, 6.45) is 15.2. The molecular formula is C34H45N3O4. The van der Waals surface area contributed by atoms with E-state index in [4.69, 9.17) is 4.74 Å². The molecule has 1 aromatic rings. The number of nitrogens with one attached hydrogen (secondary N) is 2. The molecule has 5 aliphatic rings. The van der Waals surface area contributed by atoms with Gasteiger partial charge in [0.2, 0.25) is 17.7 Å². The maximum absolute atomic E-state index is 14.2. The first-order valence-electron chi connectivity index (χ1n) is 15.9. The van der Waals surface area contributed by atoms with E-state index in [9.17, 15) is 14.4 Å². The number of hydrogen-bond donors (Lipinski definition) is 2. The van der Waals surface area contributed by atoms with Crippen LogP contribution in [0, 0.1) is 17.8 Å². The Kier molecular flexibility index (Phi) is 7.84. The first-order chi connectivity index (χ1) is 19.8. The quantitative estimate of drug-likeness (QED) is 0.413. The molecule has 2 aliphatic carbocycles. The summed E-state index contributed by atoms with van der Waals surface area (Å²) in [5.74, 6) is -1.11. The average Bonchev–Trinajstić information content (AvgIpc) is 3.61. The third-order valence-corrected chi connectivity index (χ3v) is 10.3. The van der Waals surface area contributed by atoms with Crippen molar-refractivity contribution in [1.29, 1.82) is 0 Å². The molecule has 7 nitrogen and oxygen atoms in total. The molecule has 7 atom stereocenters. The second-order valence-electron chi connectivity index (χ2n) is 13.2. The second kappa shape index (κ2) is 11.4. The number of nitrogens with zero attached hydrogens (tertiary/aromatic N) is 1. The zero-order chi connectivity index (χ0) is 28.7. The highest BCUT2D eigenvalue weighted by molar-refractivity contribution is 6.02. The fourth-order valence-corrected chi connectivity index (χ4v) is 7.87. The van der Waals surface area contributed by atoms with Gasteiger partial charge in [0.15, 0.2) is 0 Å². The molecule has 5 unspecified atom stereocenters. The molecule has 3 aliphatic heterocycles. The maximum atomic E-state index is 14.2. The number of hydrogen-bond acceptors (Lipinski definition) is 4. The Bertz CT molecular complexity index is 1240. The number of rotatable bonds is 8. The monoisotopic (exact) mass is 559 g/mol. The van der Waals surface area contributed by atoms with Crippen LogP contribution in [0.3, 0.4) is 0 Å². The maximum Gasteiger partial charge on any atom is 0.246 e. The molecule has 3 heterocycles. The van der Waals surface area contributed by atoms with Crippen LogP contribution in [0.25, 0.3) is 0 Å². The molecule has 0 radical (unpaired) electrons. The lowest BCUT2D eigenvalue weighted by molar-refractivity contribution is -0.141. The van der Waals surface area contributed by atoms with Crippen molar-refractivity contribution >= 4 is 23.4 Å². The van der Waals surface area contributed by atoms with Crippen molar-refractivity contribution < 1.29 is 19.1 Å². The van der Waals surface area contributed by atoms with Crippen molar-refractivity contribution in [3.63, 3.8) is 0 Å². The molecule has 0 aromatic heterocycles. The topological polar surface area (TPSA) is 87.7 Å². The molecule has 1 aromatic carbocycles. The van der Waals surface area contributed by atoms with E-state index in [1.54, 1.807) is 4.90 Å². The minimum absolute atomic E-state index is 0.0974. The molecule has 2 N–H and O–H groups in total. The summed E-state index contributed by atoms with van der Waals surface area (Å²) in [5.41, 5.74) is 2.14. The van der Waals surface area contributed by atoms with Gasteiger partial charge >= 0.3 is 0 Å². The van der Waals surface area contributed by atoms with Crippen molar-refractivity contribution in [3.05, 3.63) is 53.6 Å². The zero-order valence-corrected chi connectivity index (χ0v) is 24.7. The van der Waals surface area contributed by atoms with Gasteiger partial charge in [0.1, 0.15) is 11.6 Å². The van der Waals surface area contributed by atoms with E-state index < -0.39 is 29.6 Å². The molecule has 7 heteroatoms. The Balaban J connectivity index is 1.26. The summed E-state index contributed by atoms with van der Waals surface area (Å²) >= 11 is 0. The Morgan fingerprint density at radius 2 is 1.85 bits per heavy atom.